The van der Waals surface area contributed by atoms with Crippen molar-refractivity contribution in [3.8, 4) is 5.69 Å². The van der Waals surface area contributed by atoms with Gasteiger partial charge >= 0.3 is 0 Å². The molecule has 0 radical (unpaired) electrons. The van der Waals surface area contributed by atoms with E-state index in [1.807, 2.05) is 47.9 Å². The van der Waals surface area contributed by atoms with Crippen LogP contribution in [-0.2, 0) is 0 Å². The lowest BCUT2D eigenvalue weighted by molar-refractivity contribution is 0.882. The average Bonchev–Trinajstić information content (AvgIpc) is 2.80. The molecular weight excluding hydrogens is 394 g/mol. The minimum atomic E-state index is -0.258. The second kappa shape index (κ2) is 5.81. The van der Waals surface area contributed by atoms with Crippen molar-refractivity contribution in [2.24, 2.45) is 0 Å². The molecule has 0 aliphatic heterocycles. The van der Waals surface area contributed by atoms with E-state index in [0.29, 0.717) is 10.0 Å². The summed E-state index contributed by atoms with van der Waals surface area (Å²) in [6, 6.07) is 11.3. The van der Waals surface area contributed by atoms with Crippen molar-refractivity contribution >= 4 is 61.8 Å². The van der Waals surface area contributed by atoms with Gasteiger partial charge in [-0.3, -0.25) is 4.57 Å². The third-order valence-electron chi connectivity index (χ3n) is 3.15. The first-order valence-electron chi connectivity index (χ1n) is 6.25. The van der Waals surface area contributed by atoms with Gasteiger partial charge in [-0.2, -0.15) is 0 Å². The van der Waals surface area contributed by atoms with Crippen LogP contribution in [0.2, 0.25) is 10.0 Å². The van der Waals surface area contributed by atoms with Crippen molar-refractivity contribution in [1.82, 2.24) is 9.55 Å². The van der Waals surface area contributed by atoms with Crippen LogP contribution in [0.3, 0.4) is 0 Å². The largest absolute Gasteiger partial charge is 0.294 e. The SMILES string of the molecule is CC(Cl)c1nc2cc(Cl)ccc2n1-c1cc(Br)ccc1Cl. The number of hydrogen-bond donors (Lipinski definition) is 0. The summed E-state index contributed by atoms with van der Waals surface area (Å²) in [5, 5.41) is 1.01. The molecule has 2 aromatic carbocycles. The molecule has 6 heteroatoms. The highest BCUT2D eigenvalue weighted by Crippen LogP contribution is 2.33. The first-order valence-corrected chi connectivity index (χ1v) is 8.23. The zero-order valence-electron chi connectivity index (χ0n) is 10.9. The van der Waals surface area contributed by atoms with Gasteiger partial charge in [-0.05, 0) is 43.3 Å². The number of halogens is 4. The van der Waals surface area contributed by atoms with Crippen molar-refractivity contribution in [2.45, 2.75) is 12.3 Å². The van der Waals surface area contributed by atoms with Crippen LogP contribution in [0, 0.1) is 0 Å². The molecule has 3 aromatic rings. The molecule has 0 N–H and O–H groups in total. The molecule has 2 nitrogen and oxygen atoms in total. The fourth-order valence-corrected chi connectivity index (χ4v) is 3.11. The van der Waals surface area contributed by atoms with Gasteiger partial charge in [0.2, 0.25) is 0 Å². The van der Waals surface area contributed by atoms with Crippen molar-refractivity contribution in [1.29, 1.82) is 0 Å². The molecule has 21 heavy (non-hydrogen) atoms. The van der Waals surface area contributed by atoms with E-state index in [9.17, 15) is 0 Å². The average molecular weight is 405 g/mol. The lowest BCUT2D eigenvalue weighted by atomic mass is 10.2. The fourth-order valence-electron chi connectivity index (χ4n) is 2.25. The van der Waals surface area contributed by atoms with Crippen molar-refractivity contribution < 1.29 is 0 Å². The minimum absolute atomic E-state index is 0.258. The van der Waals surface area contributed by atoms with E-state index in [1.165, 1.54) is 0 Å². The molecule has 1 heterocycles. The molecule has 0 bridgehead atoms. The number of imidazole rings is 1. The van der Waals surface area contributed by atoms with E-state index in [1.54, 1.807) is 0 Å². The molecule has 0 fully saturated rings. The van der Waals surface area contributed by atoms with E-state index in [4.69, 9.17) is 34.8 Å². The summed E-state index contributed by atoms with van der Waals surface area (Å²) in [4.78, 5) is 4.59. The number of aromatic nitrogens is 2. The highest BCUT2D eigenvalue weighted by atomic mass is 79.9. The van der Waals surface area contributed by atoms with Gasteiger partial charge < -0.3 is 0 Å². The van der Waals surface area contributed by atoms with Crippen LogP contribution < -0.4 is 0 Å². The molecular formula is C15H10BrCl3N2. The normalized spacial score (nSPS) is 12.8. The lowest BCUT2D eigenvalue weighted by Gasteiger charge is -2.12. The Bertz CT molecular complexity index is 827. The smallest absolute Gasteiger partial charge is 0.132 e. The van der Waals surface area contributed by atoms with Gasteiger partial charge in [0.15, 0.2) is 0 Å². The zero-order valence-corrected chi connectivity index (χ0v) is 14.8. The summed E-state index contributed by atoms with van der Waals surface area (Å²) in [6.07, 6.45) is 0. The zero-order chi connectivity index (χ0) is 15.1. The van der Waals surface area contributed by atoms with E-state index in [2.05, 4.69) is 20.9 Å². The van der Waals surface area contributed by atoms with E-state index in [-0.39, 0.29) is 5.38 Å². The summed E-state index contributed by atoms with van der Waals surface area (Å²) in [5.74, 6) is 0.730. The van der Waals surface area contributed by atoms with Crippen LogP contribution in [0.15, 0.2) is 40.9 Å². The predicted molar refractivity (Wildman–Crippen MR) is 93.1 cm³/mol. The summed E-state index contributed by atoms with van der Waals surface area (Å²) < 4.78 is 2.90. The predicted octanol–water partition coefficient (Wildman–Crippen LogP) is 6.39. The Morgan fingerprint density at radius 2 is 1.90 bits per heavy atom. The first kappa shape index (κ1) is 15.2. The van der Waals surface area contributed by atoms with Gasteiger partial charge in [0.1, 0.15) is 5.82 Å². The Morgan fingerprint density at radius 3 is 2.62 bits per heavy atom. The maximum atomic E-state index is 6.36. The van der Waals surface area contributed by atoms with Gasteiger partial charge in [-0.25, -0.2) is 4.98 Å². The molecule has 1 aromatic heterocycles. The second-order valence-corrected chi connectivity index (χ2v) is 7.06. The Morgan fingerprint density at radius 1 is 1.14 bits per heavy atom. The van der Waals surface area contributed by atoms with Gasteiger partial charge in [0.05, 0.1) is 27.1 Å². The second-order valence-electron chi connectivity index (χ2n) is 4.65. The van der Waals surface area contributed by atoms with Crippen LogP contribution in [0.25, 0.3) is 16.7 Å². The van der Waals surface area contributed by atoms with E-state index >= 15 is 0 Å². The molecule has 0 spiro atoms. The maximum Gasteiger partial charge on any atom is 0.132 e. The Hall–Kier alpha value is -0.740. The Kier molecular flexibility index (Phi) is 4.19. The van der Waals surface area contributed by atoms with Crippen LogP contribution in [0.4, 0.5) is 0 Å². The number of alkyl halides is 1. The molecule has 108 valence electrons. The van der Waals surface area contributed by atoms with Crippen LogP contribution in [0.5, 0.6) is 0 Å². The van der Waals surface area contributed by atoms with Gasteiger partial charge in [-0.1, -0.05) is 39.1 Å². The minimum Gasteiger partial charge on any atom is -0.294 e. The van der Waals surface area contributed by atoms with Crippen molar-refractivity contribution in [2.75, 3.05) is 0 Å². The summed E-state index contributed by atoms with van der Waals surface area (Å²) in [5.41, 5.74) is 2.54. The van der Waals surface area contributed by atoms with Crippen LogP contribution >= 0.6 is 50.7 Å². The number of hydrogen-bond acceptors (Lipinski definition) is 1. The number of fused-ring (bicyclic) bond motifs is 1. The van der Waals surface area contributed by atoms with Gasteiger partial charge in [-0.15, -0.1) is 11.6 Å². The highest BCUT2D eigenvalue weighted by Gasteiger charge is 2.18. The molecule has 1 unspecified atom stereocenters. The van der Waals surface area contributed by atoms with Crippen molar-refractivity contribution in [3.63, 3.8) is 0 Å². The molecule has 0 aliphatic rings. The molecule has 0 aliphatic carbocycles. The van der Waals surface area contributed by atoms with Crippen LogP contribution in [0.1, 0.15) is 18.1 Å². The summed E-state index contributed by atoms with van der Waals surface area (Å²) >= 11 is 22.2. The summed E-state index contributed by atoms with van der Waals surface area (Å²) in [7, 11) is 0. The monoisotopic (exact) mass is 402 g/mol. The number of benzene rings is 2. The molecule has 0 saturated heterocycles. The molecule has 1 atom stereocenters. The quantitative estimate of drug-likeness (QED) is 0.452. The highest BCUT2D eigenvalue weighted by molar-refractivity contribution is 9.10. The molecule has 0 saturated carbocycles. The number of nitrogens with zero attached hydrogens (tertiary/aromatic N) is 2. The van der Waals surface area contributed by atoms with Crippen molar-refractivity contribution in [3.05, 3.63) is 56.7 Å². The van der Waals surface area contributed by atoms with Gasteiger partial charge in [0.25, 0.3) is 0 Å². The molecule has 3 rings (SSSR count). The standard InChI is InChI=1S/C15H10BrCl3N2/c1-8(17)15-20-12-7-10(18)3-5-13(12)21(15)14-6-9(16)2-4-11(14)19/h2-8H,1H3. The topological polar surface area (TPSA) is 17.8 Å². The first-order chi connectivity index (χ1) is 9.97. The van der Waals surface area contributed by atoms with Crippen LogP contribution in [-0.4, -0.2) is 9.55 Å². The number of rotatable bonds is 2. The summed E-state index contributed by atoms with van der Waals surface area (Å²) in [6.45, 7) is 1.88. The van der Waals surface area contributed by atoms with E-state index < -0.39 is 0 Å². The third-order valence-corrected chi connectivity index (χ3v) is 4.39. The van der Waals surface area contributed by atoms with E-state index in [0.717, 1.165) is 27.0 Å². The van der Waals surface area contributed by atoms with Gasteiger partial charge in [0, 0.05) is 9.50 Å². The third kappa shape index (κ3) is 2.80. The Labute approximate surface area is 145 Å². The molecule has 0 amide bonds. The maximum absolute atomic E-state index is 6.36. The fraction of sp³-hybridized carbons (Fsp3) is 0.133. The Balaban J connectivity index is 2.39. The lowest BCUT2D eigenvalue weighted by Crippen LogP contribution is -2.02.